The van der Waals surface area contributed by atoms with Gasteiger partial charge in [-0.15, -0.1) is 0 Å². The maximum absolute atomic E-state index is 4.92. The van der Waals surface area contributed by atoms with Crippen LogP contribution in [0.4, 0.5) is 0 Å². The summed E-state index contributed by atoms with van der Waals surface area (Å²) in [6.45, 7) is 0. The van der Waals surface area contributed by atoms with Gasteiger partial charge in [-0.2, -0.15) is 0 Å². The molecule has 0 spiro atoms. The third-order valence-corrected chi connectivity index (χ3v) is 5.90. The third-order valence-electron chi connectivity index (χ3n) is 5.90. The molecule has 0 fully saturated rings. The first-order valence-electron chi connectivity index (χ1n) is 11.7. The zero-order chi connectivity index (χ0) is 24.2. The molecule has 6 rings (SSSR count). The van der Waals surface area contributed by atoms with Crippen molar-refractivity contribution in [3.8, 4) is 56.4 Å². The molecule has 5 nitrogen and oxygen atoms in total. The summed E-state index contributed by atoms with van der Waals surface area (Å²) in [4.78, 5) is 23.2. The van der Waals surface area contributed by atoms with E-state index in [0.29, 0.717) is 17.5 Å². The Morgan fingerprint density at radius 3 is 1.39 bits per heavy atom. The van der Waals surface area contributed by atoms with Crippen LogP contribution in [0, 0.1) is 0 Å². The van der Waals surface area contributed by atoms with Gasteiger partial charge < -0.3 is 0 Å². The van der Waals surface area contributed by atoms with Crippen LogP contribution in [0.2, 0.25) is 0 Å². The molecule has 3 aromatic heterocycles. The lowest BCUT2D eigenvalue weighted by Crippen LogP contribution is -2.00. The van der Waals surface area contributed by atoms with Gasteiger partial charge in [-0.05, 0) is 53.1 Å². The summed E-state index contributed by atoms with van der Waals surface area (Å²) >= 11 is 0. The van der Waals surface area contributed by atoms with Crippen LogP contribution in [-0.4, -0.2) is 24.9 Å². The van der Waals surface area contributed by atoms with Crippen molar-refractivity contribution in [3.05, 3.63) is 128 Å². The fourth-order valence-corrected chi connectivity index (χ4v) is 4.11. The molecule has 0 saturated carbocycles. The van der Waals surface area contributed by atoms with Crippen LogP contribution in [0.3, 0.4) is 0 Å². The van der Waals surface area contributed by atoms with E-state index < -0.39 is 0 Å². The second-order valence-corrected chi connectivity index (χ2v) is 8.31. The van der Waals surface area contributed by atoms with Gasteiger partial charge in [0.15, 0.2) is 17.5 Å². The molecule has 170 valence electrons. The van der Waals surface area contributed by atoms with Gasteiger partial charge in [-0.1, -0.05) is 66.7 Å². The molecule has 0 atom stereocenters. The summed E-state index contributed by atoms with van der Waals surface area (Å²) in [6, 6.07) is 34.4. The fraction of sp³-hybridized carbons (Fsp3) is 0. The third kappa shape index (κ3) is 4.50. The fourth-order valence-electron chi connectivity index (χ4n) is 4.11. The monoisotopic (exact) mass is 463 g/mol. The van der Waals surface area contributed by atoms with E-state index in [2.05, 4.69) is 34.2 Å². The van der Waals surface area contributed by atoms with Gasteiger partial charge in [-0.3, -0.25) is 9.97 Å². The number of aromatic nitrogens is 5. The molecule has 6 aromatic rings. The number of hydrogen-bond donors (Lipinski definition) is 0. The molecule has 3 heterocycles. The van der Waals surface area contributed by atoms with E-state index in [1.54, 1.807) is 18.6 Å². The van der Waals surface area contributed by atoms with Crippen LogP contribution in [0.5, 0.6) is 0 Å². The summed E-state index contributed by atoms with van der Waals surface area (Å²) < 4.78 is 0. The van der Waals surface area contributed by atoms with Crippen LogP contribution < -0.4 is 0 Å². The van der Waals surface area contributed by atoms with E-state index in [9.17, 15) is 0 Å². The Morgan fingerprint density at radius 2 is 0.833 bits per heavy atom. The summed E-state index contributed by atoms with van der Waals surface area (Å²) in [5.41, 5.74) is 6.96. The molecule has 0 radical (unpaired) electrons. The lowest BCUT2D eigenvalue weighted by atomic mass is 9.97. The summed E-state index contributed by atoms with van der Waals surface area (Å²) in [6.07, 6.45) is 7.25. The van der Waals surface area contributed by atoms with Crippen molar-refractivity contribution >= 4 is 0 Å². The standard InChI is InChI=1S/C31H21N5/c1-3-8-23(9-4-1)29-34-30(24-10-5-2-6-11-24)36-31(35-29)28-19-26(22-13-16-32-17-14-22)18-27(20-28)25-12-7-15-33-21-25/h1-21H. The minimum absolute atomic E-state index is 0.615. The van der Waals surface area contributed by atoms with Crippen molar-refractivity contribution in [1.29, 1.82) is 0 Å². The van der Waals surface area contributed by atoms with Gasteiger partial charge in [0.2, 0.25) is 0 Å². The number of benzene rings is 3. The van der Waals surface area contributed by atoms with Crippen LogP contribution in [0.15, 0.2) is 128 Å². The van der Waals surface area contributed by atoms with Crippen LogP contribution in [-0.2, 0) is 0 Å². The molecule has 0 saturated heterocycles. The Morgan fingerprint density at radius 1 is 0.333 bits per heavy atom. The Labute approximate surface area is 209 Å². The number of pyridine rings is 2. The van der Waals surface area contributed by atoms with Crippen molar-refractivity contribution in [3.63, 3.8) is 0 Å². The SMILES string of the molecule is c1ccc(-c2nc(-c3ccccc3)nc(-c3cc(-c4ccncc4)cc(-c4cccnc4)c3)n2)cc1. The maximum atomic E-state index is 4.92. The molecule has 36 heavy (non-hydrogen) atoms. The first kappa shape index (κ1) is 21.5. The summed E-state index contributed by atoms with van der Waals surface area (Å²) in [5, 5.41) is 0. The van der Waals surface area contributed by atoms with E-state index in [0.717, 1.165) is 38.9 Å². The van der Waals surface area contributed by atoms with Crippen molar-refractivity contribution in [2.45, 2.75) is 0 Å². The molecule has 0 bridgehead atoms. The number of rotatable bonds is 5. The number of hydrogen-bond acceptors (Lipinski definition) is 5. The van der Waals surface area contributed by atoms with Crippen molar-refractivity contribution in [2.24, 2.45) is 0 Å². The predicted octanol–water partition coefficient (Wildman–Crippen LogP) is 7.00. The smallest absolute Gasteiger partial charge is 0.164 e. The molecule has 5 heteroatoms. The Kier molecular flexibility index (Phi) is 5.78. The molecule has 0 aliphatic carbocycles. The van der Waals surface area contributed by atoms with Crippen molar-refractivity contribution < 1.29 is 0 Å². The summed E-state index contributed by atoms with van der Waals surface area (Å²) in [5.74, 6) is 1.89. The quantitative estimate of drug-likeness (QED) is 0.275. The van der Waals surface area contributed by atoms with Gasteiger partial charge in [0, 0.05) is 47.0 Å². The Hall–Kier alpha value is -5.03. The molecule has 3 aromatic carbocycles. The zero-order valence-corrected chi connectivity index (χ0v) is 19.4. The van der Waals surface area contributed by atoms with E-state index in [4.69, 9.17) is 15.0 Å². The minimum atomic E-state index is 0.615. The molecule has 0 aliphatic heterocycles. The highest BCUT2D eigenvalue weighted by Crippen LogP contribution is 2.32. The van der Waals surface area contributed by atoms with Gasteiger partial charge in [0.25, 0.3) is 0 Å². The minimum Gasteiger partial charge on any atom is -0.265 e. The molecular weight excluding hydrogens is 442 g/mol. The normalized spacial score (nSPS) is 10.8. The van der Waals surface area contributed by atoms with Crippen molar-refractivity contribution in [2.75, 3.05) is 0 Å². The lowest BCUT2D eigenvalue weighted by molar-refractivity contribution is 1.07. The lowest BCUT2D eigenvalue weighted by Gasteiger charge is -2.12. The second-order valence-electron chi connectivity index (χ2n) is 8.31. The van der Waals surface area contributed by atoms with E-state index in [1.165, 1.54) is 0 Å². The van der Waals surface area contributed by atoms with E-state index in [1.807, 2.05) is 85.1 Å². The molecular formula is C31H21N5. The average Bonchev–Trinajstić information content (AvgIpc) is 2.98. The van der Waals surface area contributed by atoms with Gasteiger partial charge in [0.1, 0.15) is 0 Å². The predicted molar refractivity (Wildman–Crippen MR) is 143 cm³/mol. The summed E-state index contributed by atoms with van der Waals surface area (Å²) in [7, 11) is 0. The first-order valence-corrected chi connectivity index (χ1v) is 11.7. The molecule has 0 amide bonds. The highest BCUT2D eigenvalue weighted by atomic mass is 15.0. The van der Waals surface area contributed by atoms with E-state index >= 15 is 0 Å². The highest BCUT2D eigenvalue weighted by Gasteiger charge is 2.14. The average molecular weight is 464 g/mol. The number of nitrogens with zero attached hydrogens (tertiary/aromatic N) is 5. The van der Waals surface area contributed by atoms with Crippen LogP contribution in [0.1, 0.15) is 0 Å². The maximum Gasteiger partial charge on any atom is 0.164 e. The van der Waals surface area contributed by atoms with Crippen LogP contribution >= 0.6 is 0 Å². The Bertz CT molecular complexity index is 1360. The second kappa shape index (κ2) is 9.68. The first-order chi connectivity index (χ1) is 17.8. The topological polar surface area (TPSA) is 64.5 Å². The molecule has 0 aliphatic rings. The largest absolute Gasteiger partial charge is 0.265 e. The highest BCUT2D eigenvalue weighted by molar-refractivity contribution is 5.80. The van der Waals surface area contributed by atoms with Crippen LogP contribution in [0.25, 0.3) is 56.4 Å². The van der Waals surface area contributed by atoms with Gasteiger partial charge >= 0.3 is 0 Å². The van der Waals surface area contributed by atoms with Crippen molar-refractivity contribution in [1.82, 2.24) is 24.9 Å². The Balaban J connectivity index is 1.58. The molecule has 0 N–H and O–H groups in total. The molecule has 0 unspecified atom stereocenters. The zero-order valence-electron chi connectivity index (χ0n) is 19.4. The van der Waals surface area contributed by atoms with Gasteiger partial charge in [-0.25, -0.2) is 15.0 Å². The van der Waals surface area contributed by atoms with Gasteiger partial charge in [0.05, 0.1) is 0 Å². The van der Waals surface area contributed by atoms with E-state index in [-0.39, 0.29) is 0 Å².